The average Bonchev–Trinajstić information content (AvgIpc) is 2.36. The summed E-state index contributed by atoms with van der Waals surface area (Å²) in [5.74, 6) is 1.11. The van der Waals surface area contributed by atoms with E-state index in [1.165, 1.54) is 0 Å². The van der Waals surface area contributed by atoms with Crippen LogP contribution in [0.4, 0.5) is 11.6 Å². The van der Waals surface area contributed by atoms with Crippen molar-refractivity contribution in [2.75, 3.05) is 37.5 Å². The van der Waals surface area contributed by atoms with Crippen LogP contribution < -0.4 is 10.6 Å². The molecule has 7 heteroatoms. The van der Waals surface area contributed by atoms with E-state index in [0.717, 1.165) is 0 Å². The molecule has 1 atom stereocenters. The maximum atomic E-state index is 9.01. The zero-order valence-electron chi connectivity index (χ0n) is 11.0. The molecule has 1 rings (SSSR count). The second-order valence-electron chi connectivity index (χ2n) is 3.99. The van der Waals surface area contributed by atoms with Gasteiger partial charge >= 0.3 is 0 Å². The number of methoxy groups -OCH3 is 1. The molecule has 0 aliphatic rings. The zero-order chi connectivity index (χ0) is 14.3. The highest BCUT2D eigenvalue weighted by atomic mass is 35.5. The van der Waals surface area contributed by atoms with E-state index in [2.05, 4.69) is 15.6 Å². The summed E-state index contributed by atoms with van der Waals surface area (Å²) in [7, 11) is 1.60. The van der Waals surface area contributed by atoms with Crippen molar-refractivity contribution < 1.29 is 9.84 Å². The van der Waals surface area contributed by atoms with Crippen molar-refractivity contribution in [2.45, 2.75) is 19.4 Å². The lowest BCUT2D eigenvalue weighted by atomic mass is 10.2. The van der Waals surface area contributed by atoms with Gasteiger partial charge in [0, 0.05) is 20.3 Å². The number of aliphatic hydroxyl groups excluding tert-OH is 1. The molecule has 0 aliphatic carbocycles. The summed E-state index contributed by atoms with van der Waals surface area (Å²) < 4.78 is 5.08. The van der Waals surface area contributed by atoms with Crippen LogP contribution >= 0.6 is 23.2 Å². The molecular weight excluding hydrogens is 289 g/mol. The number of nitrogens with one attached hydrogen (secondary N) is 2. The molecule has 19 heavy (non-hydrogen) atoms. The number of hydrogen-bond acceptors (Lipinski definition) is 5. The maximum Gasteiger partial charge on any atom is 0.147 e. The first-order valence-corrected chi connectivity index (χ1v) is 6.84. The molecule has 0 amide bonds. The van der Waals surface area contributed by atoms with E-state index in [1.807, 2.05) is 6.92 Å². The number of anilines is 2. The van der Waals surface area contributed by atoms with Crippen molar-refractivity contribution in [3.05, 3.63) is 16.1 Å². The van der Waals surface area contributed by atoms with Crippen molar-refractivity contribution in [1.82, 2.24) is 4.98 Å². The third kappa shape index (κ3) is 5.03. The number of aliphatic hydroxyl groups is 1. The first-order chi connectivity index (χ1) is 9.12. The molecule has 0 fully saturated rings. The van der Waals surface area contributed by atoms with Crippen LogP contribution in [0, 0.1) is 0 Å². The molecular formula is C12H19Cl2N3O2. The normalized spacial score (nSPS) is 12.3. The quantitative estimate of drug-likeness (QED) is 0.689. The molecule has 108 valence electrons. The van der Waals surface area contributed by atoms with Gasteiger partial charge in [0.1, 0.15) is 11.6 Å². The molecule has 0 bridgehead atoms. The first-order valence-electron chi connectivity index (χ1n) is 6.08. The summed E-state index contributed by atoms with van der Waals surface area (Å²) >= 11 is 12.1. The smallest absolute Gasteiger partial charge is 0.147 e. The zero-order valence-corrected chi connectivity index (χ0v) is 12.6. The van der Waals surface area contributed by atoms with Gasteiger partial charge in [-0.05, 0) is 19.4 Å². The number of hydrogen-bond donors (Lipinski definition) is 3. The van der Waals surface area contributed by atoms with Gasteiger partial charge in [0.15, 0.2) is 0 Å². The summed E-state index contributed by atoms with van der Waals surface area (Å²) in [5, 5.41) is 16.1. The van der Waals surface area contributed by atoms with Crippen LogP contribution in [-0.4, -0.2) is 43.0 Å². The molecule has 0 radical (unpaired) electrons. The fourth-order valence-electron chi connectivity index (χ4n) is 1.61. The molecule has 5 nitrogen and oxygen atoms in total. The molecule has 3 N–H and O–H groups in total. The van der Waals surface area contributed by atoms with Gasteiger partial charge in [-0.15, -0.1) is 0 Å². The molecule has 0 spiro atoms. The Balaban J connectivity index is 2.88. The number of rotatable bonds is 8. The van der Waals surface area contributed by atoms with Crippen LogP contribution in [0.5, 0.6) is 0 Å². The summed E-state index contributed by atoms with van der Waals surface area (Å²) in [4.78, 5) is 4.34. The lowest BCUT2D eigenvalue weighted by molar-refractivity contribution is 0.170. The van der Waals surface area contributed by atoms with Crippen LogP contribution in [0.15, 0.2) is 6.07 Å². The summed E-state index contributed by atoms with van der Waals surface area (Å²) in [6.45, 7) is 3.19. The Morgan fingerprint density at radius 1 is 1.37 bits per heavy atom. The Morgan fingerprint density at radius 2 is 2.05 bits per heavy atom. The Bertz CT molecular complexity index is 399. The van der Waals surface area contributed by atoms with Gasteiger partial charge in [-0.1, -0.05) is 23.2 Å². The van der Waals surface area contributed by atoms with Gasteiger partial charge < -0.3 is 20.5 Å². The van der Waals surface area contributed by atoms with E-state index < -0.39 is 0 Å². The number of halogens is 2. The SMILES string of the molecule is CCNc1nc(NC(CCO)COC)c(Cl)cc1Cl. The first kappa shape index (κ1) is 16.3. The van der Waals surface area contributed by atoms with Gasteiger partial charge in [0.05, 0.1) is 22.7 Å². The maximum absolute atomic E-state index is 9.01. The van der Waals surface area contributed by atoms with Gasteiger partial charge in [-0.25, -0.2) is 4.98 Å². The highest BCUT2D eigenvalue weighted by Crippen LogP contribution is 2.29. The molecule has 0 aliphatic heterocycles. The van der Waals surface area contributed by atoms with Crippen LogP contribution in [0.1, 0.15) is 13.3 Å². The van der Waals surface area contributed by atoms with Crippen LogP contribution in [0.25, 0.3) is 0 Å². The number of pyridine rings is 1. The third-order valence-electron chi connectivity index (χ3n) is 2.46. The molecule has 0 saturated carbocycles. The van der Waals surface area contributed by atoms with Gasteiger partial charge in [-0.2, -0.15) is 0 Å². The molecule has 1 heterocycles. The van der Waals surface area contributed by atoms with Crippen molar-refractivity contribution in [3.8, 4) is 0 Å². The number of aromatic nitrogens is 1. The van der Waals surface area contributed by atoms with Gasteiger partial charge in [0.25, 0.3) is 0 Å². The van der Waals surface area contributed by atoms with E-state index in [-0.39, 0.29) is 12.6 Å². The standard InChI is InChI=1S/C12H19Cl2N3O2/c1-3-15-11-9(13)6-10(14)12(17-11)16-8(4-5-18)7-19-2/h6,8,18H,3-5,7H2,1-2H3,(H2,15,16,17). The largest absolute Gasteiger partial charge is 0.396 e. The predicted molar refractivity (Wildman–Crippen MR) is 79.4 cm³/mol. The van der Waals surface area contributed by atoms with Crippen molar-refractivity contribution in [3.63, 3.8) is 0 Å². The number of nitrogens with zero attached hydrogens (tertiary/aromatic N) is 1. The molecule has 1 aromatic heterocycles. The second kappa shape index (κ2) is 8.43. The minimum Gasteiger partial charge on any atom is -0.396 e. The van der Waals surface area contributed by atoms with Gasteiger partial charge in [0.2, 0.25) is 0 Å². The van der Waals surface area contributed by atoms with E-state index in [1.54, 1.807) is 13.2 Å². The Hall–Kier alpha value is -0.750. The van der Waals surface area contributed by atoms with E-state index in [9.17, 15) is 0 Å². The summed E-state index contributed by atoms with van der Waals surface area (Å²) in [5.41, 5.74) is 0. The molecule has 0 saturated heterocycles. The van der Waals surface area contributed by atoms with Crippen LogP contribution in [0.2, 0.25) is 10.0 Å². The Labute approximate surface area is 123 Å². The molecule has 0 aromatic carbocycles. The summed E-state index contributed by atoms with van der Waals surface area (Å²) in [6.07, 6.45) is 0.547. The monoisotopic (exact) mass is 307 g/mol. The fraction of sp³-hybridized carbons (Fsp3) is 0.583. The van der Waals surface area contributed by atoms with Crippen molar-refractivity contribution in [1.29, 1.82) is 0 Å². The van der Waals surface area contributed by atoms with E-state index >= 15 is 0 Å². The lowest BCUT2D eigenvalue weighted by Crippen LogP contribution is -2.27. The highest BCUT2D eigenvalue weighted by Gasteiger charge is 2.13. The van der Waals surface area contributed by atoms with Crippen molar-refractivity contribution >= 4 is 34.8 Å². The van der Waals surface area contributed by atoms with Crippen molar-refractivity contribution in [2.24, 2.45) is 0 Å². The van der Waals surface area contributed by atoms with E-state index in [4.69, 9.17) is 33.0 Å². The van der Waals surface area contributed by atoms with E-state index in [0.29, 0.717) is 41.3 Å². The Kier molecular flexibility index (Phi) is 7.23. The minimum absolute atomic E-state index is 0.0596. The third-order valence-corrected chi connectivity index (χ3v) is 3.04. The van der Waals surface area contributed by atoms with Crippen LogP contribution in [-0.2, 0) is 4.74 Å². The molecule has 1 unspecified atom stereocenters. The summed E-state index contributed by atoms with van der Waals surface area (Å²) in [6, 6.07) is 1.58. The Morgan fingerprint density at radius 3 is 2.63 bits per heavy atom. The second-order valence-corrected chi connectivity index (χ2v) is 4.80. The van der Waals surface area contributed by atoms with Gasteiger partial charge in [-0.3, -0.25) is 0 Å². The fourth-order valence-corrected chi connectivity index (χ4v) is 2.09. The number of ether oxygens (including phenoxy) is 1. The topological polar surface area (TPSA) is 66.4 Å². The predicted octanol–water partition coefficient (Wildman–Crippen LogP) is 2.63. The lowest BCUT2D eigenvalue weighted by Gasteiger charge is -2.19. The highest BCUT2D eigenvalue weighted by molar-refractivity contribution is 6.37. The average molecular weight is 308 g/mol. The minimum atomic E-state index is -0.0596. The van der Waals surface area contributed by atoms with Crippen LogP contribution in [0.3, 0.4) is 0 Å². The molecule has 1 aromatic rings.